The highest BCUT2D eigenvalue weighted by atomic mass is 32.2. The van der Waals surface area contributed by atoms with Gasteiger partial charge in [0.05, 0.1) is 5.75 Å². The van der Waals surface area contributed by atoms with Crippen LogP contribution in [-0.2, 0) is 11.3 Å². The molecule has 3 amide bonds. The van der Waals surface area contributed by atoms with Crippen molar-refractivity contribution in [3.63, 3.8) is 0 Å². The van der Waals surface area contributed by atoms with E-state index in [4.69, 9.17) is 0 Å². The Hall–Kier alpha value is -1.96. The van der Waals surface area contributed by atoms with Crippen molar-refractivity contribution in [2.75, 3.05) is 30.4 Å². The third-order valence-corrected chi connectivity index (χ3v) is 6.92. The molecule has 2 bridgehead atoms. The number of amides is 3. The van der Waals surface area contributed by atoms with Gasteiger partial charge in [0.2, 0.25) is 5.91 Å². The molecule has 0 spiro atoms. The normalized spacial score (nSPS) is 24.0. The number of nitrogens with zero attached hydrogens (tertiary/aromatic N) is 2. The van der Waals surface area contributed by atoms with E-state index in [-0.39, 0.29) is 29.3 Å². The zero-order valence-electron chi connectivity index (χ0n) is 17.0. The fraction of sp³-hybridized carbons (Fsp3) is 0.667. The first-order valence-corrected chi connectivity index (χ1v) is 12.0. The number of carbonyl (C=O) groups excluding carboxylic acids is 2. The van der Waals surface area contributed by atoms with Gasteiger partial charge in [0.15, 0.2) is 0 Å². The Morgan fingerprint density at radius 3 is 2.69 bits per heavy atom. The van der Waals surface area contributed by atoms with Crippen LogP contribution in [-0.4, -0.2) is 52.5 Å². The molecule has 1 aromatic rings. The lowest BCUT2D eigenvalue weighted by Crippen LogP contribution is -2.53. The van der Waals surface area contributed by atoms with Crippen LogP contribution in [0.2, 0.25) is 0 Å². The summed E-state index contributed by atoms with van der Waals surface area (Å²) >= 11 is 1.43. The molecule has 7 nitrogen and oxygen atoms in total. The molecule has 2 fully saturated rings. The van der Waals surface area contributed by atoms with Crippen LogP contribution >= 0.6 is 11.8 Å². The molecule has 2 N–H and O–H groups in total. The maximum absolute atomic E-state index is 12.9. The molecular weight excluding hydrogens is 388 g/mol. The summed E-state index contributed by atoms with van der Waals surface area (Å²) in [6.07, 6.45) is 8.68. The highest BCUT2D eigenvalue weighted by Gasteiger charge is 2.37. The number of rotatable bonds is 4. The Labute approximate surface area is 175 Å². The molecule has 29 heavy (non-hydrogen) atoms. The number of hydrogen-bond acceptors (Lipinski definition) is 4. The topological polar surface area (TPSA) is 83.4 Å². The SMILES string of the molecule is CSCC(=O)Nc1ccc2n(c1=O)C[C@@H]1C[C@@H]2CN(C(=O)NC2CCCCC2)C1. The molecule has 3 aliphatic rings. The van der Waals surface area contributed by atoms with Crippen molar-refractivity contribution >= 4 is 29.4 Å². The highest BCUT2D eigenvalue weighted by molar-refractivity contribution is 7.99. The number of fused-ring (bicyclic) bond motifs is 4. The van der Waals surface area contributed by atoms with Gasteiger partial charge in [0.25, 0.3) is 5.56 Å². The van der Waals surface area contributed by atoms with Crippen molar-refractivity contribution in [1.82, 2.24) is 14.8 Å². The number of likely N-dealkylation sites (tertiary alicyclic amines) is 1. The predicted octanol–water partition coefficient (Wildman–Crippen LogP) is 2.61. The van der Waals surface area contributed by atoms with Gasteiger partial charge >= 0.3 is 6.03 Å². The third kappa shape index (κ3) is 4.47. The van der Waals surface area contributed by atoms with E-state index in [1.54, 1.807) is 6.07 Å². The average Bonchev–Trinajstić information content (AvgIpc) is 2.71. The smallest absolute Gasteiger partial charge is 0.317 e. The first kappa shape index (κ1) is 20.3. The summed E-state index contributed by atoms with van der Waals surface area (Å²) in [5.74, 6) is 0.616. The van der Waals surface area contributed by atoms with Crippen LogP contribution < -0.4 is 16.2 Å². The van der Waals surface area contributed by atoms with E-state index in [0.29, 0.717) is 37.1 Å². The van der Waals surface area contributed by atoms with E-state index in [1.165, 1.54) is 31.0 Å². The van der Waals surface area contributed by atoms with Crippen LogP contribution in [0.1, 0.15) is 50.1 Å². The zero-order chi connectivity index (χ0) is 20.4. The zero-order valence-corrected chi connectivity index (χ0v) is 17.8. The molecule has 0 radical (unpaired) electrons. The Balaban J connectivity index is 1.47. The van der Waals surface area contributed by atoms with E-state index >= 15 is 0 Å². The summed E-state index contributed by atoms with van der Waals surface area (Å²) in [6.45, 7) is 1.93. The van der Waals surface area contributed by atoms with Crippen LogP contribution in [0.4, 0.5) is 10.5 Å². The van der Waals surface area contributed by atoms with E-state index in [0.717, 1.165) is 25.0 Å². The minimum absolute atomic E-state index is 0.0448. The van der Waals surface area contributed by atoms with Crippen LogP contribution in [0.25, 0.3) is 0 Å². The van der Waals surface area contributed by atoms with Gasteiger partial charge < -0.3 is 20.1 Å². The number of carbonyl (C=O) groups is 2. The monoisotopic (exact) mass is 418 g/mol. The fourth-order valence-corrected chi connectivity index (χ4v) is 5.37. The number of piperidine rings is 1. The van der Waals surface area contributed by atoms with Crippen LogP contribution in [0, 0.1) is 5.92 Å². The second-order valence-electron chi connectivity index (χ2n) is 8.56. The van der Waals surface area contributed by atoms with Gasteiger partial charge in [0, 0.05) is 37.3 Å². The lowest BCUT2D eigenvalue weighted by atomic mass is 9.83. The lowest BCUT2D eigenvalue weighted by Gasteiger charge is -2.43. The molecule has 1 aromatic heterocycles. The lowest BCUT2D eigenvalue weighted by molar-refractivity contribution is -0.113. The summed E-state index contributed by atoms with van der Waals surface area (Å²) in [5, 5.41) is 5.96. The van der Waals surface area contributed by atoms with Gasteiger partial charge in [-0.15, -0.1) is 0 Å². The van der Waals surface area contributed by atoms with Crippen molar-refractivity contribution in [2.45, 2.75) is 57.0 Å². The molecule has 1 aliphatic carbocycles. The largest absolute Gasteiger partial charge is 0.335 e. The summed E-state index contributed by atoms with van der Waals surface area (Å²) in [7, 11) is 0. The minimum atomic E-state index is -0.156. The second-order valence-corrected chi connectivity index (χ2v) is 9.42. The number of anilines is 1. The standard InChI is InChI=1S/C21H30N4O3S/c1-29-13-19(26)23-17-7-8-18-15-9-14(11-25(18)20(17)27)10-24(12-15)21(28)22-16-5-3-2-4-6-16/h7-8,14-16H,2-6,9-13H2,1H3,(H,22,28)(H,23,26)/t14-,15-/m1/s1. The molecule has 8 heteroatoms. The molecule has 3 heterocycles. The Kier molecular flexibility index (Phi) is 6.18. The fourth-order valence-electron chi connectivity index (χ4n) is 5.04. The predicted molar refractivity (Wildman–Crippen MR) is 116 cm³/mol. The quantitative estimate of drug-likeness (QED) is 0.787. The van der Waals surface area contributed by atoms with Gasteiger partial charge in [0.1, 0.15) is 5.69 Å². The molecule has 0 aromatic carbocycles. The number of pyridine rings is 1. The van der Waals surface area contributed by atoms with E-state index < -0.39 is 0 Å². The van der Waals surface area contributed by atoms with Crippen molar-refractivity contribution in [2.24, 2.45) is 5.92 Å². The van der Waals surface area contributed by atoms with Crippen LogP contribution in [0.5, 0.6) is 0 Å². The maximum Gasteiger partial charge on any atom is 0.317 e. The summed E-state index contributed by atoms with van der Waals surface area (Å²) < 4.78 is 1.81. The maximum atomic E-state index is 12.9. The minimum Gasteiger partial charge on any atom is -0.335 e. The molecule has 158 valence electrons. The van der Waals surface area contributed by atoms with E-state index in [1.807, 2.05) is 21.8 Å². The first-order chi connectivity index (χ1) is 14.0. The Morgan fingerprint density at radius 2 is 1.93 bits per heavy atom. The van der Waals surface area contributed by atoms with Gasteiger partial charge in [-0.1, -0.05) is 19.3 Å². The number of hydrogen-bond donors (Lipinski definition) is 2. The van der Waals surface area contributed by atoms with E-state index in [9.17, 15) is 14.4 Å². The van der Waals surface area contributed by atoms with Crippen LogP contribution in [0.3, 0.4) is 0 Å². The Bertz CT molecular complexity index is 834. The molecule has 1 saturated heterocycles. The van der Waals surface area contributed by atoms with Gasteiger partial charge in [-0.3, -0.25) is 9.59 Å². The molecule has 2 aliphatic heterocycles. The first-order valence-electron chi connectivity index (χ1n) is 10.6. The highest BCUT2D eigenvalue weighted by Crippen LogP contribution is 2.35. The average molecular weight is 419 g/mol. The van der Waals surface area contributed by atoms with Gasteiger partial charge in [-0.05, 0) is 43.6 Å². The van der Waals surface area contributed by atoms with Crippen molar-refractivity contribution < 1.29 is 9.59 Å². The third-order valence-electron chi connectivity index (χ3n) is 6.37. The molecule has 2 atom stereocenters. The number of aromatic nitrogens is 1. The molecule has 1 saturated carbocycles. The Morgan fingerprint density at radius 1 is 1.14 bits per heavy atom. The number of nitrogens with one attached hydrogen (secondary N) is 2. The number of thioether (sulfide) groups is 1. The molecular formula is C21H30N4O3S. The van der Waals surface area contributed by atoms with Crippen molar-refractivity contribution in [3.05, 3.63) is 28.2 Å². The summed E-state index contributed by atoms with van der Waals surface area (Å²) in [4.78, 5) is 39.5. The van der Waals surface area contributed by atoms with Crippen LogP contribution in [0.15, 0.2) is 16.9 Å². The summed E-state index contributed by atoms with van der Waals surface area (Å²) in [6, 6.07) is 4.01. The second kappa shape index (κ2) is 8.81. The van der Waals surface area contributed by atoms with E-state index in [2.05, 4.69) is 10.6 Å². The number of urea groups is 1. The molecule has 0 unspecified atom stereocenters. The molecule has 4 rings (SSSR count). The van der Waals surface area contributed by atoms with Gasteiger partial charge in [-0.25, -0.2) is 4.79 Å². The van der Waals surface area contributed by atoms with Crippen molar-refractivity contribution in [1.29, 1.82) is 0 Å². The van der Waals surface area contributed by atoms with Gasteiger partial charge in [-0.2, -0.15) is 11.8 Å². The van der Waals surface area contributed by atoms with Crippen molar-refractivity contribution in [3.8, 4) is 0 Å². The summed E-state index contributed by atoms with van der Waals surface area (Å²) in [5.41, 5.74) is 1.19.